The fourth-order valence-corrected chi connectivity index (χ4v) is 2.78. The number of nitrogens with zero attached hydrogens (tertiary/aromatic N) is 4. The van der Waals surface area contributed by atoms with E-state index in [1.165, 1.54) is 0 Å². The van der Waals surface area contributed by atoms with Gasteiger partial charge in [0.2, 0.25) is 0 Å². The van der Waals surface area contributed by atoms with Crippen LogP contribution in [0.4, 0.5) is 0 Å². The van der Waals surface area contributed by atoms with Crippen molar-refractivity contribution < 1.29 is 4.74 Å². The second-order valence-electron chi connectivity index (χ2n) is 6.08. The average Bonchev–Trinajstić information content (AvgIpc) is 3.04. The fraction of sp³-hybridized carbons (Fsp3) is 0.471. The molecule has 126 valence electrons. The van der Waals surface area contributed by atoms with Gasteiger partial charge in [-0.25, -0.2) is 4.98 Å². The molecule has 3 rings (SSSR count). The Bertz CT molecular complexity index is 735. The van der Waals surface area contributed by atoms with Crippen molar-refractivity contribution >= 4 is 0 Å². The summed E-state index contributed by atoms with van der Waals surface area (Å²) in [6, 6.07) is 8.16. The van der Waals surface area contributed by atoms with Crippen LogP contribution in [-0.2, 0) is 17.8 Å². The highest BCUT2D eigenvalue weighted by Crippen LogP contribution is 2.19. The van der Waals surface area contributed by atoms with Gasteiger partial charge in [0.25, 0.3) is 0 Å². The third-order valence-corrected chi connectivity index (χ3v) is 4.28. The van der Waals surface area contributed by atoms with Crippen molar-refractivity contribution in [2.45, 2.75) is 26.1 Å². The smallest absolute Gasteiger partial charge is 0.170 e. The van der Waals surface area contributed by atoms with Gasteiger partial charge in [0.1, 0.15) is 5.82 Å². The summed E-state index contributed by atoms with van der Waals surface area (Å²) in [6.07, 6.45) is 0. The van der Waals surface area contributed by atoms with Crippen LogP contribution in [0.2, 0.25) is 0 Å². The van der Waals surface area contributed by atoms with Gasteiger partial charge < -0.3 is 10.1 Å². The number of H-pyrrole nitrogens is 1. The second-order valence-corrected chi connectivity index (χ2v) is 6.08. The number of likely N-dealkylation sites (N-methyl/N-ethyl adjacent to an activating group) is 1. The molecule has 0 spiro atoms. The number of hydrogen-bond donors (Lipinski definition) is 2. The molecule has 0 bridgehead atoms. The Morgan fingerprint density at radius 1 is 1.46 bits per heavy atom. The maximum absolute atomic E-state index is 8.97. The standard InChI is InChI=1S/C17H22N6O/c1-12-7-13(3-4-14(12)8-18)9-19-10-16-20-17(22-21-16)15-11-24-6-5-23(15)2/h3-4,7,15,19H,5-6,9-11H2,1-2H3,(H,20,21,22). The minimum absolute atomic E-state index is 0.116. The molecule has 1 fully saturated rings. The van der Waals surface area contributed by atoms with Gasteiger partial charge >= 0.3 is 0 Å². The highest BCUT2D eigenvalue weighted by molar-refractivity contribution is 5.39. The van der Waals surface area contributed by atoms with Crippen LogP contribution >= 0.6 is 0 Å². The number of hydrogen-bond acceptors (Lipinski definition) is 6. The summed E-state index contributed by atoms with van der Waals surface area (Å²) in [5.41, 5.74) is 2.86. The topological polar surface area (TPSA) is 89.9 Å². The van der Waals surface area contributed by atoms with Crippen LogP contribution in [0.3, 0.4) is 0 Å². The van der Waals surface area contributed by atoms with E-state index in [4.69, 9.17) is 10.00 Å². The minimum Gasteiger partial charge on any atom is -0.378 e. The summed E-state index contributed by atoms with van der Waals surface area (Å²) in [4.78, 5) is 6.78. The maximum atomic E-state index is 8.97. The molecule has 2 aromatic rings. The lowest BCUT2D eigenvalue weighted by atomic mass is 10.1. The lowest BCUT2D eigenvalue weighted by Crippen LogP contribution is -2.37. The molecule has 1 aliphatic heterocycles. The van der Waals surface area contributed by atoms with Crippen molar-refractivity contribution in [3.63, 3.8) is 0 Å². The maximum Gasteiger partial charge on any atom is 0.170 e. The summed E-state index contributed by atoms with van der Waals surface area (Å²) < 4.78 is 5.51. The largest absolute Gasteiger partial charge is 0.378 e. The van der Waals surface area contributed by atoms with Gasteiger partial charge in [-0.05, 0) is 31.2 Å². The summed E-state index contributed by atoms with van der Waals surface area (Å²) in [5, 5.41) is 19.6. The van der Waals surface area contributed by atoms with Crippen LogP contribution in [0.1, 0.15) is 34.4 Å². The van der Waals surface area contributed by atoms with Crippen LogP contribution in [0.25, 0.3) is 0 Å². The molecular formula is C17H22N6O. The van der Waals surface area contributed by atoms with Crippen LogP contribution < -0.4 is 5.32 Å². The number of aromatic nitrogens is 3. The number of rotatable bonds is 5. The zero-order valence-electron chi connectivity index (χ0n) is 14.0. The molecule has 24 heavy (non-hydrogen) atoms. The number of nitrogens with one attached hydrogen (secondary N) is 2. The molecule has 0 amide bonds. The molecule has 0 saturated carbocycles. The van der Waals surface area contributed by atoms with E-state index in [1.807, 2.05) is 25.1 Å². The first-order valence-corrected chi connectivity index (χ1v) is 8.07. The molecule has 2 heterocycles. The lowest BCUT2D eigenvalue weighted by Gasteiger charge is -2.30. The van der Waals surface area contributed by atoms with Crippen molar-refractivity contribution in [3.05, 3.63) is 46.5 Å². The van der Waals surface area contributed by atoms with Crippen molar-refractivity contribution in [1.29, 1.82) is 5.26 Å². The van der Waals surface area contributed by atoms with Crippen molar-refractivity contribution in [2.75, 3.05) is 26.8 Å². The number of aryl methyl sites for hydroxylation is 1. The number of aromatic amines is 1. The highest BCUT2D eigenvalue weighted by atomic mass is 16.5. The zero-order chi connectivity index (χ0) is 16.9. The van der Waals surface area contributed by atoms with Crippen LogP contribution in [0.15, 0.2) is 18.2 Å². The summed E-state index contributed by atoms with van der Waals surface area (Å²) in [5.74, 6) is 1.59. The predicted molar refractivity (Wildman–Crippen MR) is 89.0 cm³/mol. The first kappa shape index (κ1) is 16.6. The molecule has 0 aliphatic carbocycles. The molecule has 1 saturated heterocycles. The average molecular weight is 326 g/mol. The Labute approximate surface area is 141 Å². The molecule has 7 heteroatoms. The number of morpholine rings is 1. The first-order chi connectivity index (χ1) is 11.7. The summed E-state index contributed by atoms with van der Waals surface area (Å²) in [6.45, 7) is 5.57. The summed E-state index contributed by atoms with van der Waals surface area (Å²) in [7, 11) is 2.06. The molecule has 1 unspecified atom stereocenters. The lowest BCUT2D eigenvalue weighted by molar-refractivity contribution is 0.00193. The third kappa shape index (κ3) is 3.79. The number of benzene rings is 1. The fourth-order valence-electron chi connectivity index (χ4n) is 2.78. The van der Waals surface area contributed by atoms with E-state index in [9.17, 15) is 0 Å². The number of nitriles is 1. The van der Waals surface area contributed by atoms with E-state index >= 15 is 0 Å². The minimum atomic E-state index is 0.116. The van der Waals surface area contributed by atoms with Gasteiger partial charge in [-0.2, -0.15) is 10.4 Å². The van der Waals surface area contributed by atoms with E-state index in [1.54, 1.807) is 0 Å². The second kappa shape index (κ2) is 7.53. The predicted octanol–water partition coefficient (Wildman–Crippen LogP) is 1.28. The van der Waals surface area contributed by atoms with Crippen LogP contribution in [-0.4, -0.2) is 46.9 Å². The molecule has 2 N–H and O–H groups in total. The van der Waals surface area contributed by atoms with Gasteiger partial charge in [-0.1, -0.05) is 12.1 Å². The van der Waals surface area contributed by atoms with Crippen LogP contribution in [0.5, 0.6) is 0 Å². The monoisotopic (exact) mass is 326 g/mol. The van der Waals surface area contributed by atoms with E-state index in [2.05, 4.69) is 38.5 Å². The summed E-state index contributed by atoms with van der Waals surface area (Å²) >= 11 is 0. The van der Waals surface area contributed by atoms with Crippen molar-refractivity contribution in [2.24, 2.45) is 0 Å². The molecule has 7 nitrogen and oxygen atoms in total. The SMILES string of the molecule is Cc1cc(CNCc2nc(C3COCCN3C)n[nH]2)ccc1C#N. The Hall–Kier alpha value is -2.27. The number of ether oxygens (including phenoxy) is 1. The third-order valence-electron chi connectivity index (χ3n) is 4.28. The molecule has 1 aromatic heterocycles. The Balaban J connectivity index is 1.54. The first-order valence-electron chi connectivity index (χ1n) is 8.07. The molecule has 1 aromatic carbocycles. The van der Waals surface area contributed by atoms with Gasteiger partial charge in [-0.3, -0.25) is 10.00 Å². The van der Waals surface area contributed by atoms with Crippen molar-refractivity contribution in [3.8, 4) is 6.07 Å². The van der Waals surface area contributed by atoms with E-state index < -0.39 is 0 Å². The zero-order valence-corrected chi connectivity index (χ0v) is 14.0. The molecule has 1 aliphatic rings. The van der Waals surface area contributed by atoms with E-state index in [0.717, 1.165) is 48.0 Å². The molecular weight excluding hydrogens is 304 g/mol. The Morgan fingerprint density at radius 3 is 3.08 bits per heavy atom. The van der Waals surface area contributed by atoms with Crippen molar-refractivity contribution in [1.82, 2.24) is 25.4 Å². The quantitative estimate of drug-likeness (QED) is 0.860. The highest BCUT2D eigenvalue weighted by Gasteiger charge is 2.24. The Morgan fingerprint density at radius 2 is 2.33 bits per heavy atom. The molecule has 1 atom stereocenters. The van der Waals surface area contributed by atoms with E-state index in [0.29, 0.717) is 13.2 Å². The van der Waals surface area contributed by atoms with Crippen LogP contribution in [0, 0.1) is 18.3 Å². The van der Waals surface area contributed by atoms with Gasteiger partial charge in [0, 0.05) is 13.1 Å². The van der Waals surface area contributed by atoms with Gasteiger partial charge in [0.05, 0.1) is 37.4 Å². The van der Waals surface area contributed by atoms with Gasteiger partial charge in [-0.15, -0.1) is 0 Å². The Kier molecular flexibility index (Phi) is 5.20. The van der Waals surface area contributed by atoms with E-state index in [-0.39, 0.29) is 6.04 Å². The van der Waals surface area contributed by atoms with Gasteiger partial charge in [0.15, 0.2) is 5.82 Å². The normalized spacial score (nSPS) is 18.5. The molecule has 0 radical (unpaired) electrons.